The normalized spacial score (nSPS) is 10.1. The Kier molecular flexibility index (Phi) is 5.89. The average Bonchev–Trinajstić information content (AvgIpc) is 2.86. The van der Waals surface area contributed by atoms with Crippen molar-refractivity contribution in [2.24, 2.45) is 7.05 Å². The van der Waals surface area contributed by atoms with Crippen molar-refractivity contribution in [1.82, 2.24) is 14.7 Å². The molecule has 1 amide bonds. The second-order valence-electron chi connectivity index (χ2n) is 4.31. The van der Waals surface area contributed by atoms with Crippen LogP contribution in [0.2, 0.25) is 0 Å². The van der Waals surface area contributed by atoms with Crippen molar-refractivity contribution in [3.05, 3.63) is 17.5 Å². The molecule has 0 saturated heterocycles. The van der Waals surface area contributed by atoms with Gasteiger partial charge in [-0.3, -0.25) is 19.1 Å². The van der Waals surface area contributed by atoms with Crippen LogP contribution in [0.4, 0.5) is 0 Å². The number of hydrogen-bond acceptors (Lipinski definition) is 6. The first-order valence-corrected chi connectivity index (χ1v) is 6.38. The van der Waals surface area contributed by atoms with E-state index in [2.05, 4.69) is 14.6 Å². The van der Waals surface area contributed by atoms with Crippen molar-refractivity contribution in [3.8, 4) is 0 Å². The maximum Gasteiger partial charge on any atom is 0.325 e. The van der Waals surface area contributed by atoms with E-state index in [1.807, 2.05) is 6.92 Å². The molecular formula is C13H19N3O5. The van der Waals surface area contributed by atoms with Crippen molar-refractivity contribution in [2.75, 3.05) is 27.3 Å². The molecule has 0 atom stereocenters. The first kappa shape index (κ1) is 16.7. The maximum absolute atomic E-state index is 12.4. The van der Waals surface area contributed by atoms with E-state index in [1.165, 1.54) is 18.9 Å². The summed E-state index contributed by atoms with van der Waals surface area (Å²) in [6.07, 6.45) is 0.676. The minimum atomic E-state index is -0.620. The highest BCUT2D eigenvalue weighted by Gasteiger charge is 2.25. The molecule has 1 aromatic rings. The number of aryl methyl sites for hydroxylation is 2. The van der Waals surface area contributed by atoms with Crippen LogP contribution in [0, 0.1) is 0 Å². The highest BCUT2D eigenvalue weighted by molar-refractivity contribution is 5.96. The number of aromatic nitrogens is 2. The van der Waals surface area contributed by atoms with Gasteiger partial charge in [-0.1, -0.05) is 6.92 Å². The molecule has 0 unspecified atom stereocenters. The number of amides is 1. The van der Waals surface area contributed by atoms with Gasteiger partial charge in [0.05, 0.1) is 19.9 Å². The topological polar surface area (TPSA) is 90.7 Å². The van der Waals surface area contributed by atoms with Crippen LogP contribution in [-0.4, -0.2) is 59.8 Å². The SMILES string of the molecule is CCc1cc(C(=O)N(CC(=O)OC)CC(=O)OC)n(C)n1. The van der Waals surface area contributed by atoms with E-state index in [9.17, 15) is 14.4 Å². The van der Waals surface area contributed by atoms with E-state index in [4.69, 9.17) is 0 Å². The molecule has 8 nitrogen and oxygen atoms in total. The van der Waals surface area contributed by atoms with Gasteiger partial charge >= 0.3 is 11.9 Å². The minimum Gasteiger partial charge on any atom is -0.468 e. The Balaban J connectivity index is 2.99. The second-order valence-corrected chi connectivity index (χ2v) is 4.31. The van der Waals surface area contributed by atoms with Crippen molar-refractivity contribution >= 4 is 17.8 Å². The monoisotopic (exact) mass is 297 g/mol. The molecule has 0 bridgehead atoms. The standard InChI is InChI=1S/C13H19N3O5/c1-5-9-6-10(15(2)14-9)13(19)16(7-11(17)20-3)8-12(18)21-4/h6H,5,7-8H2,1-4H3. The van der Waals surface area contributed by atoms with Crippen LogP contribution in [0.5, 0.6) is 0 Å². The van der Waals surface area contributed by atoms with Crippen LogP contribution < -0.4 is 0 Å². The van der Waals surface area contributed by atoms with Crippen molar-refractivity contribution in [1.29, 1.82) is 0 Å². The van der Waals surface area contributed by atoms with Gasteiger partial charge in [-0.2, -0.15) is 5.10 Å². The summed E-state index contributed by atoms with van der Waals surface area (Å²) >= 11 is 0. The molecule has 0 aromatic carbocycles. The molecular weight excluding hydrogens is 278 g/mol. The number of methoxy groups -OCH3 is 2. The molecule has 0 saturated carbocycles. The van der Waals surface area contributed by atoms with Crippen molar-refractivity contribution in [2.45, 2.75) is 13.3 Å². The second kappa shape index (κ2) is 7.41. The number of rotatable bonds is 6. The Morgan fingerprint density at radius 1 is 1.19 bits per heavy atom. The summed E-state index contributed by atoms with van der Waals surface area (Å²) < 4.78 is 10.5. The molecule has 1 heterocycles. The summed E-state index contributed by atoms with van der Waals surface area (Å²) in [5, 5.41) is 4.17. The van der Waals surface area contributed by atoms with Crippen molar-refractivity contribution in [3.63, 3.8) is 0 Å². The van der Waals surface area contributed by atoms with Gasteiger partial charge in [-0.05, 0) is 12.5 Å². The number of carbonyl (C=O) groups excluding carboxylic acids is 3. The molecule has 8 heteroatoms. The molecule has 0 fully saturated rings. The Labute approximate surface area is 122 Å². The fourth-order valence-electron chi connectivity index (χ4n) is 1.70. The largest absolute Gasteiger partial charge is 0.468 e. The highest BCUT2D eigenvalue weighted by atomic mass is 16.5. The zero-order valence-electron chi connectivity index (χ0n) is 12.6. The lowest BCUT2D eigenvalue weighted by Gasteiger charge is -2.19. The Morgan fingerprint density at radius 3 is 2.10 bits per heavy atom. The third-order valence-electron chi connectivity index (χ3n) is 2.89. The summed E-state index contributed by atoms with van der Waals surface area (Å²) in [5.74, 6) is -1.73. The number of ether oxygens (including phenoxy) is 2. The first-order chi connectivity index (χ1) is 9.92. The maximum atomic E-state index is 12.4. The molecule has 116 valence electrons. The Morgan fingerprint density at radius 2 is 1.71 bits per heavy atom. The molecule has 0 aliphatic heterocycles. The molecule has 0 radical (unpaired) electrons. The number of nitrogens with zero attached hydrogens (tertiary/aromatic N) is 3. The van der Waals surface area contributed by atoms with Gasteiger partial charge in [0.2, 0.25) is 0 Å². The van der Waals surface area contributed by atoms with E-state index >= 15 is 0 Å². The first-order valence-electron chi connectivity index (χ1n) is 6.38. The average molecular weight is 297 g/mol. The fourth-order valence-corrected chi connectivity index (χ4v) is 1.70. The van der Waals surface area contributed by atoms with Gasteiger partial charge in [0.1, 0.15) is 18.8 Å². The summed E-state index contributed by atoms with van der Waals surface area (Å²) in [6, 6.07) is 1.63. The lowest BCUT2D eigenvalue weighted by Crippen LogP contribution is -2.40. The highest BCUT2D eigenvalue weighted by Crippen LogP contribution is 2.08. The predicted octanol–water partition coefficient (Wildman–Crippen LogP) is -0.229. The van der Waals surface area contributed by atoms with E-state index in [1.54, 1.807) is 13.1 Å². The lowest BCUT2D eigenvalue weighted by atomic mass is 10.2. The zero-order valence-corrected chi connectivity index (χ0v) is 12.6. The quantitative estimate of drug-likeness (QED) is 0.674. The van der Waals surface area contributed by atoms with E-state index in [-0.39, 0.29) is 13.1 Å². The smallest absolute Gasteiger partial charge is 0.325 e. The Hall–Kier alpha value is -2.38. The third-order valence-corrected chi connectivity index (χ3v) is 2.89. The van der Waals surface area contributed by atoms with Gasteiger partial charge in [-0.25, -0.2) is 0 Å². The predicted molar refractivity (Wildman–Crippen MR) is 72.5 cm³/mol. The summed E-state index contributed by atoms with van der Waals surface area (Å²) in [5.41, 5.74) is 1.04. The van der Waals surface area contributed by atoms with Crippen LogP contribution in [0.1, 0.15) is 23.1 Å². The van der Waals surface area contributed by atoms with Gasteiger partial charge in [-0.15, -0.1) is 0 Å². The summed E-state index contributed by atoms with van der Waals surface area (Å²) in [6.45, 7) is 1.24. The van der Waals surface area contributed by atoms with Crippen LogP contribution in [0.3, 0.4) is 0 Å². The third kappa shape index (κ3) is 4.30. The molecule has 1 rings (SSSR count). The summed E-state index contributed by atoms with van der Waals surface area (Å²) in [7, 11) is 4.05. The van der Waals surface area contributed by atoms with Crippen LogP contribution >= 0.6 is 0 Å². The number of hydrogen-bond donors (Lipinski definition) is 0. The zero-order chi connectivity index (χ0) is 16.0. The van der Waals surface area contributed by atoms with Gasteiger partial charge in [0, 0.05) is 7.05 Å². The van der Waals surface area contributed by atoms with Crippen LogP contribution in [0.15, 0.2) is 6.07 Å². The molecule has 0 N–H and O–H groups in total. The number of carbonyl (C=O) groups is 3. The van der Waals surface area contributed by atoms with Crippen LogP contribution in [0.25, 0.3) is 0 Å². The number of esters is 2. The molecule has 1 aromatic heterocycles. The van der Waals surface area contributed by atoms with E-state index in [0.717, 1.165) is 10.6 Å². The molecule has 0 aliphatic rings. The van der Waals surface area contributed by atoms with Crippen molar-refractivity contribution < 1.29 is 23.9 Å². The minimum absolute atomic E-state index is 0.291. The molecule has 0 aliphatic carbocycles. The van der Waals surface area contributed by atoms with E-state index in [0.29, 0.717) is 12.1 Å². The lowest BCUT2D eigenvalue weighted by molar-refractivity contribution is -0.144. The van der Waals surface area contributed by atoms with Crippen LogP contribution in [-0.2, 0) is 32.5 Å². The van der Waals surface area contributed by atoms with Gasteiger partial charge in [0.25, 0.3) is 5.91 Å². The molecule has 0 spiro atoms. The van der Waals surface area contributed by atoms with Gasteiger partial charge < -0.3 is 14.4 Å². The molecule has 21 heavy (non-hydrogen) atoms. The Bertz CT molecular complexity index is 520. The summed E-state index contributed by atoms with van der Waals surface area (Å²) in [4.78, 5) is 36.3. The fraction of sp³-hybridized carbons (Fsp3) is 0.538. The van der Waals surface area contributed by atoms with Gasteiger partial charge in [0.15, 0.2) is 0 Å². The van der Waals surface area contributed by atoms with E-state index < -0.39 is 17.8 Å².